The van der Waals surface area contributed by atoms with E-state index in [1.165, 1.54) is 11.1 Å². The third kappa shape index (κ3) is 3.95. The van der Waals surface area contributed by atoms with Gasteiger partial charge in [0.25, 0.3) is 0 Å². The van der Waals surface area contributed by atoms with Crippen LogP contribution in [0, 0.1) is 6.92 Å². The minimum Gasteiger partial charge on any atom is -0.313 e. The van der Waals surface area contributed by atoms with Gasteiger partial charge < -0.3 is 5.32 Å². The number of nitrogens with one attached hydrogen (secondary N) is 1. The highest BCUT2D eigenvalue weighted by Gasteiger charge is 2.15. The Morgan fingerprint density at radius 2 is 2.10 bits per heavy atom. The fourth-order valence-electron chi connectivity index (χ4n) is 2.43. The van der Waals surface area contributed by atoms with Crippen molar-refractivity contribution in [1.29, 1.82) is 0 Å². The Kier molecular flexibility index (Phi) is 5.59. The lowest BCUT2D eigenvalue weighted by Crippen LogP contribution is -2.20. The van der Waals surface area contributed by atoms with Crippen LogP contribution in [0.15, 0.2) is 34.9 Å². The lowest BCUT2D eigenvalue weighted by atomic mass is 10.0. The van der Waals surface area contributed by atoms with Crippen molar-refractivity contribution in [2.75, 3.05) is 7.05 Å². The molecule has 2 unspecified atom stereocenters. The summed E-state index contributed by atoms with van der Waals surface area (Å²) in [6.07, 6.45) is 4.07. The smallest absolute Gasteiger partial charge is 0.0643 e. The lowest BCUT2D eigenvalue weighted by Gasteiger charge is -2.18. The van der Waals surface area contributed by atoms with Gasteiger partial charge in [0.1, 0.15) is 0 Å². The molecule has 1 aromatic carbocycles. The van der Waals surface area contributed by atoms with Crippen LogP contribution in [-0.2, 0) is 6.42 Å². The molecule has 0 amide bonds. The predicted octanol–water partition coefficient (Wildman–Crippen LogP) is 4.43. The standard InChI is InChI=1S/C17H24BrN3/c1-5-13(3)21-9-8-14(20-21)11-17(19-4)15-10-12(2)6-7-16(15)18/h6-10,13,17,19H,5,11H2,1-4H3. The van der Waals surface area contributed by atoms with Gasteiger partial charge in [-0.15, -0.1) is 0 Å². The number of aromatic nitrogens is 2. The first kappa shape index (κ1) is 16.2. The number of hydrogen-bond acceptors (Lipinski definition) is 2. The van der Waals surface area contributed by atoms with E-state index in [-0.39, 0.29) is 6.04 Å². The molecule has 0 spiro atoms. The Morgan fingerprint density at radius 3 is 2.76 bits per heavy atom. The van der Waals surface area contributed by atoms with E-state index in [1.807, 2.05) is 7.05 Å². The maximum absolute atomic E-state index is 4.71. The highest BCUT2D eigenvalue weighted by molar-refractivity contribution is 9.10. The highest BCUT2D eigenvalue weighted by atomic mass is 79.9. The number of hydrogen-bond donors (Lipinski definition) is 1. The van der Waals surface area contributed by atoms with Crippen LogP contribution in [0.5, 0.6) is 0 Å². The Hall–Kier alpha value is -1.13. The zero-order valence-electron chi connectivity index (χ0n) is 13.2. The summed E-state index contributed by atoms with van der Waals surface area (Å²) in [5.74, 6) is 0. The zero-order valence-corrected chi connectivity index (χ0v) is 14.8. The van der Waals surface area contributed by atoms with Crippen molar-refractivity contribution in [3.63, 3.8) is 0 Å². The summed E-state index contributed by atoms with van der Waals surface area (Å²) in [5, 5.41) is 8.12. The first-order valence-corrected chi connectivity index (χ1v) is 8.31. The van der Waals surface area contributed by atoms with Gasteiger partial charge in [-0.05, 0) is 45.0 Å². The molecule has 114 valence electrons. The average molecular weight is 350 g/mol. The molecule has 2 rings (SSSR count). The summed E-state index contributed by atoms with van der Waals surface area (Å²) in [6.45, 7) is 6.51. The monoisotopic (exact) mass is 349 g/mol. The van der Waals surface area contributed by atoms with Crippen molar-refractivity contribution < 1.29 is 0 Å². The number of nitrogens with zero attached hydrogens (tertiary/aromatic N) is 2. The fourth-order valence-corrected chi connectivity index (χ4v) is 2.95. The molecule has 2 atom stereocenters. The molecule has 4 heteroatoms. The predicted molar refractivity (Wildman–Crippen MR) is 91.6 cm³/mol. The van der Waals surface area contributed by atoms with Gasteiger partial charge in [-0.1, -0.05) is 40.5 Å². The van der Waals surface area contributed by atoms with E-state index < -0.39 is 0 Å². The molecule has 0 aliphatic heterocycles. The number of halogens is 1. The Bertz CT molecular complexity index is 591. The Balaban J connectivity index is 2.19. The highest BCUT2D eigenvalue weighted by Crippen LogP contribution is 2.27. The minimum atomic E-state index is 0.263. The first-order chi connectivity index (χ1) is 10.0. The summed E-state index contributed by atoms with van der Waals surface area (Å²) < 4.78 is 3.21. The molecular formula is C17H24BrN3. The van der Waals surface area contributed by atoms with Crippen molar-refractivity contribution in [2.45, 2.75) is 45.7 Å². The second-order valence-electron chi connectivity index (χ2n) is 5.61. The molecule has 0 saturated heterocycles. The second-order valence-corrected chi connectivity index (χ2v) is 6.47. The number of rotatable bonds is 6. The minimum absolute atomic E-state index is 0.263. The molecule has 0 bridgehead atoms. The molecule has 0 fully saturated rings. The quantitative estimate of drug-likeness (QED) is 0.835. The molecule has 0 aliphatic carbocycles. The SMILES string of the molecule is CCC(C)n1ccc(CC(NC)c2cc(C)ccc2Br)n1. The maximum Gasteiger partial charge on any atom is 0.0643 e. The molecule has 21 heavy (non-hydrogen) atoms. The van der Waals surface area contributed by atoms with Crippen molar-refractivity contribution in [1.82, 2.24) is 15.1 Å². The summed E-state index contributed by atoms with van der Waals surface area (Å²) >= 11 is 3.66. The van der Waals surface area contributed by atoms with E-state index in [0.29, 0.717) is 6.04 Å². The van der Waals surface area contributed by atoms with Crippen molar-refractivity contribution in [3.05, 3.63) is 51.8 Å². The van der Waals surface area contributed by atoms with Crippen LogP contribution < -0.4 is 5.32 Å². The zero-order chi connectivity index (χ0) is 15.4. The van der Waals surface area contributed by atoms with Gasteiger partial charge in [-0.3, -0.25) is 4.68 Å². The topological polar surface area (TPSA) is 29.9 Å². The fraction of sp³-hybridized carbons (Fsp3) is 0.471. The van der Waals surface area contributed by atoms with Gasteiger partial charge in [0, 0.05) is 29.2 Å². The van der Waals surface area contributed by atoms with E-state index >= 15 is 0 Å². The summed E-state index contributed by atoms with van der Waals surface area (Å²) in [6, 6.07) is 9.32. The Labute approximate surface area is 135 Å². The molecule has 2 aromatic rings. The van der Waals surface area contributed by atoms with Gasteiger partial charge in [0.15, 0.2) is 0 Å². The van der Waals surface area contributed by atoms with Crippen molar-refractivity contribution in [3.8, 4) is 0 Å². The molecule has 1 heterocycles. The maximum atomic E-state index is 4.71. The van der Waals surface area contributed by atoms with Gasteiger partial charge in [0.05, 0.1) is 5.69 Å². The summed E-state index contributed by atoms with van der Waals surface area (Å²) in [5.41, 5.74) is 3.69. The lowest BCUT2D eigenvalue weighted by molar-refractivity contribution is 0.469. The molecular weight excluding hydrogens is 326 g/mol. The van der Waals surface area contributed by atoms with E-state index in [4.69, 9.17) is 5.10 Å². The van der Waals surface area contributed by atoms with Crippen LogP contribution in [0.4, 0.5) is 0 Å². The first-order valence-electron chi connectivity index (χ1n) is 7.52. The van der Waals surface area contributed by atoms with Crippen LogP contribution in [0.2, 0.25) is 0 Å². The van der Waals surface area contributed by atoms with Gasteiger partial charge in [-0.2, -0.15) is 5.10 Å². The Morgan fingerprint density at radius 1 is 1.33 bits per heavy atom. The van der Waals surface area contributed by atoms with Gasteiger partial charge in [0.2, 0.25) is 0 Å². The van der Waals surface area contributed by atoms with Crippen LogP contribution in [0.25, 0.3) is 0 Å². The number of likely N-dealkylation sites (N-methyl/N-ethyl adjacent to an activating group) is 1. The molecule has 0 saturated carbocycles. The number of aryl methyl sites for hydroxylation is 1. The normalized spacial score (nSPS) is 14.1. The summed E-state index contributed by atoms with van der Waals surface area (Å²) in [4.78, 5) is 0. The molecule has 1 N–H and O–H groups in total. The molecule has 1 aromatic heterocycles. The van der Waals surface area contributed by atoms with E-state index in [1.54, 1.807) is 0 Å². The second kappa shape index (κ2) is 7.23. The van der Waals surface area contributed by atoms with Crippen LogP contribution in [-0.4, -0.2) is 16.8 Å². The summed E-state index contributed by atoms with van der Waals surface area (Å²) in [7, 11) is 2.01. The molecule has 0 aliphatic rings. The van der Waals surface area contributed by atoms with E-state index in [9.17, 15) is 0 Å². The van der Waals surface area contributed by atoms with Gasteiger partial charge >= 0.3 is 0 Å². The van der Waals surface area contributed by atoms with E-state index in [0.717, 1.165) is 23.0 Å². The van der Waals surface area contributed by atoms with Gasteiger partial charge in [-0.25, -0.2) is 0 Å². The number of benzene rings is 1. The van der Waals surface area contributed by atoms with Crippen LogP contribution in [0.1, 0.15) is 49.2 Å². The van der Waals surface area contributed by atoms with Crippen LogP contribution >= 0.6 is 15.9 Å². The average Bonchev–Trinajstić information content (AvgIpc) is 2.95. The molecule has 3 nitrogen and oxygen atoms in total. The largest absolute Gasteiger partial charge is 0.313 e. The third-order valence-electron chi connectivity index (χ3n) is 3.99. The van der Waals surface area contributed by atoms with Crippen molar-refractivity contribution in [2.24, 2.45) is 0 Å². The van der Waals surface area contributed by atoms with Crippen molar-refractivity contribution >= 4 is 15.9 Å². The third-order valence-corrected chi connectivity index (χ3v) is 4.72. The molecule has 0 radical (unpaired) electrons. The van der Waals surface area contributed by atoms with E-state index in [2.05, 4.69) is 77.2 Å². The van der Waals surface area contributed by atoms with Crippen LogP contribution in [0.3, 0.4) is 0 Å².